The van der Waals surface area contributed by atoms with E-state index in [0.29, 0.717) is 0 Å². The van der Waals surface area contributed by atoms with Crippen LogP contribution in [-0.2, 0) is 16.6 Å². The van der Waals surface area contributed by atoms with Gasteiger partial charge in [0.2, 0.25) is 10.0 Å². The van der Waals surface area contributed by atoms with Crippen LogP contribution in [0.25, 0.3) is 0 Å². The van der Waals surface area contributed by atoms with Gasteiger partial charge in [0.25, 0.3) is 0 Å². The predicted octanol–water partition coefficient (Wildman–Crippen LogP) is 4.08. The van der Waals surface area contributed by atoms with E-state index < -0.39 is 39.3 Å². The molecule has 0 amide bonds. The van der Waals surface area contributed by atoms with Gasteiger partial charge in [0, 0.05) is 17.1 Å². The van der Waals surface area contributed by atoms with Gasteiger partial charge in [-0.2, -0.15) is 0 Å². The average molecular weight is 416 g/mol. The molecular formula is C14H10Cl2F3NO4S. The fourth-order valence-electron chi connectivity index (χ4n) is 1.87. The second-order valence-electron chi connectivity index (χ2n) is 4.71. The molecule has 0 saturated heterocycles. The summed E-state index contributed by atoms with van der Waals surface area (Å²) in [5, 5.41) is 9.46. The van der Waals surface area contributed by atoms with Crippen LogP contribution in [0.5, 0.6) is 11.5 Å². The Hall–Kier alpha value is -1.68. The van der Waals surface area contributed by atoms with Gasteiger partial charge in [-0.3, -0.25) is 0 Å². The molecule has 2 aromatic rings. The standard InChI is InChI=1S/C14H10Cl2F3NO4S/c15-9-5-10(16)13(21)12(6-9)25(22,23)20-7-8-3-1-2-4-11(8)24-14(17,18)19/h1-6,20-21H,7H2. The van der Waals surface area contributed by atoms with Gasteiger partial charge in [0.05, 0.1) is 5.02 Å². The van der Waals surface area contributed by atoms with E-state index in [-0.39, 0.29) is 15.6 Å². The van der Waals surface area contributed by atoms with Crippen LogP contribution >= 0.6 is 23.2 Å². The number of phenolic OH excluding ortho intramolecular Hbond substituents is 1. The predicted molar refractivity (Wildman–Crippen MR) is 85.3 cm³/mol. The van der Waals surface area contributed by atoms with Crippen molar-refractivity contribution in [2.75, 3.05) is 0 Å². The van der Waals surface area contributed by atoms with E-state index in [9.17, 15) is 26.7 Å². The molecule has 136 valence electrons. The molecule has 2 aromatic carbocycles. The van der Waals surface area contributed by atoms with Gasteiger partial charge in [-0.1, -0.05) is 41.4 Å². The first-order chi connectivity index (χ1) is 11.5. The number of ether oxygens (including phenoxy) is 1. The van der Waals surface area contributed by atoms with Crippen molar-refractivity contribution in [2.24, 2.45) is 0 Å². The molecule has 0 aliphatic heterocycles. The van der Waals surface area contributed by atoms with Gasteiger partial charge in [0.1, 0.15) is 10.6 Å². The summed E-state index contributed by atoms with van der Waals surface area (Å²) in [4.78, 5) is -0.598. The van der Waals surface area contributed by atoms with E-state index in [1.165, 1.54) is 18.2 Å². The fraction of sp³-hybridized carbons (Fsp3) is 0.143. The van der Waals surface area contributed by atoms with Gasteiger partial charge >= 0.3 is 6.36 Å². The van der Waals surface area contributed by atoms with Crippen molar-refractivity contribution < 1.29 is 31.4 Å². The lowest BCUT2D eigenvalue weighted by molar-refractivity contribution is -0.274. The lowest BCUT2D eigenvalue weighted by Gasteiger charge is -2.14. The number of alkyl halides is 3. The van der Waals surface area contributed by atoms with Crippen molar-refractivity contribution in [3.63, 3.8) is 0 Å². The fourth-order valence-corrected chi connectivity index (χ4v) is 3.63. The normalized spacial score (nSPS) is 12.2. The smallest absolute Gasteiger partial charge is 0.505 e. The number of para-hydroxylation sites is 1. The lowest BCUT2D eigenvalue weighted by Crippen LogP contribution is -2.25. The number of halogens is 5. The van der Waals surface area contributed by atoms with Crippen molar-refractivity contribution in [1.29, 1.82) is 0 Å². The van der Waals surface area contributed by atoms with Crippen LogP contribution in [0.4, 0.5) is 13.2 Å². The van der Waals surface area contributed by atoms with Gasteiger partial charge in [0.15, 0.2) is 5.75 Å². The summed E-state index contributed by atoms with van der Waals surface area (Å²) in [6.45, 7) is -0.516. The molecule has 2 N–H and O–H groups in total. The summed E-state index contributed by atoms with van der Waals surface area (Å²) in [6, 6.07) is 7.13. The van der Waals surface area contributed by atoms with Gasteiger partial charge in [-0.25, -0.2) is 13.1 Å². The summed E-state index contributed by atoms with van der Waals surface area (Å²) in [5.41, 5.74) is -0.0592. The van der Waals surface area contributed by atoms with Crippen LogP contribution in [0.2, 0.25) is 10.0 Å². The molecule has 0 aliphatic carbocycles. The Morgan fingerprint density at radius 1 is 1.16 bits per heavy atom. The molecule has 0 atom stereocenters. The molecule has 0 bridgehead atoms. The van der Waals surface area contributed by atoms with Crippen molar-refractivity contribution >= 4 is 33.2 Å². The van der Waals surface area contributed by atoms with Gasteiger partial charge in [-0.15, -0.1) is 13.2 Å². The maximum absolute atomic E-state index is 12.4. The Balaban J connectivity index is 2.27. The molecule has 0 spiro atoms. The van der Waals surface area contributed by atoms with Crippen molar-refractivity contribution in [1.82, 2.24) is 4.72 Å². The van der Waals surface area contributed by atoms with Crippen LogP contribution in [-0.4, -0.2) is 19.9 Å². The molecule has 0 fully saturated rings. The first-order valence-corrected chi connectivity index (χ1v) is 8.75. The third-order valence-electron chi connectivity index (χ3n) is 2.93. The van der Waals surface area contributed by atoms with E-state index in [1.54, 1.807) is 0 Å². The first-order valence-electron chi connectivity index (χ1n) is 6.51. The lowest BCUT2D eigenvalue weighted by atomic mass is 10.2. The quantitative estimate of drug-likeness (QED) is 0.771. The van der Waals surface area contributed by atoms with Crippen molar-refractivity contribution in [3.8, 4) is 11.5 Å². The van der Waals surface area contributed by atoms with E-state index in [0.717, 1.165) is 18.2 Å². The van der Waals surface area contributed by atoms with Crippen molar-refractivity contribution in [2.45, 2.75) is 17.8 Å². The number of phenols is 1. The maximum atomic E-state index is 12.4. The highest BCUT2D eigenvalue weighted by atomic mass is 35.5. The molecule has 0 aromatic heterocycles. The highest BCUT2D eigenvalue weighted by Gasteiger charge is 2.32. The Morgan fingerprint density at radius 2 is 1.80 bits per heavy atom. The van der Waals surface area contributed by atoms with E-state index >= 15 is 0 Å². The number of aromatic hydroxyl groups is 1. The number of hydrogen-bond donors (Lipinski definition) is 2. The van der Waals surface area contributed by atoms with Crippen LogP contribution < -0.4 is 9.46 Å². The van der Waals surface area contributed by atoms with Gasteiger partial charge < -0.3 is 9.84 Å². The Labute approximate surface area is 151 Å². The highest BCUT2D eigenvalue weighted by molar-refractivity contribution is 7.89. The number of nitrogens with one attached hydrogen (secondary N) is 1. The van der Waals surface area contributed by atoms with E-state index in [2.05, 4.69) is 9.46 Å². The minimum Gasteiger partial charge on any atom is -0.505 e. The van der Waals surface area contributed by atoms with Crippen LogP contribution in [0, 0.1) is 0 Å². The summed E-state index contributed by atoms with van der Waals surface area (Å²) >= 11 is 11.4. The minimum absolute atomic E-state index is 0.0380. The Kier molecular flexibility index (Phi) is 5.72. The van der Waals surface area contributed by atoms with E-state index in [4.69, 9.17) is 23.2 Å². The minimum atomic E-state index is -4.92. The summed E-state index contributed by atoms with van der Waals surface area (Å²) in [5.74, 6) is -1.27. The van der Waals surface area contributed by atoms with Gasteiger partial charge in [-0.05, 0) is 18.2 Å². The third kappa shape index (κ3) is 5.15. The summed E-state index contributed by atoms with van der Waals surface area (Å²) < 4.78 is 67.6. The maximum Gasteiger partial charge on any atom is 0.573 e. The van der Waals surface area contributed by atoms with Crippen LogP contribution in [0.1, 0.15) is 5.56 Å². The molecule has 0 unspecified atom stereocenters. The molecule has 25 heavy (non-hydrogen) atoms. The highest BCUT2D eigenvalue weighted by Crippen LogP contribution is 2.34. The molecule has 0 heterocycles. The molecule has 0 saturated carbocycles. The molecule has 2 rings (SSSR count). The second kappa shape index (κ2) is 7.28. The number of rotatable bonds is 5. The number of benzene rings is 2. The molecule has 5 nitrogen and oxygen atoms in total. The van der Waals surface area contributed by atoms with Crippen LogP contribution in [0.15, 0.2) is 41.3 Å². The Bertz CT molecular complexity index is 888. The third-order valence-corrected chi connectivity index (χ3v) is 4.85. The Morgan fingerprint density at radius 3 is 2.44 bits per heavy atom. The SMILES string of the molecule is O=S(=O)(NCc1ccccc1OC(F)(F)F)c1cc(Cl)cc(Cl)c1O. The monoisotopic (exact) mass is 415 g/mol. The molecule has 0 radical (unpaired) electrons. The second-order valence-corrected chi connectivity index (χ2v) is 7.29. The first kappa shape index (κ1) is 19.6. The molecule has 11 heteroatoms. The zero-order chi connectivity index (χ0) is 18.8. The summed E-state index contributed by atoms with van der Waals surface area (Å²) in [6.07, 6.45) is -4.92. The van der Waals surface area contributed by atoms with E-state index in [1.807, 2.05) is 0 Å². The zero-order valence-corrected chi connectivity index (χ0v) is 14.5. The summed E-state index contributed by atoms with van der Waals surface area (Å²) in [7, 11) is -4.30. The average Bonchev–Trinajstić information content (AvgIpc) is 2.48. The molecular weight excluding hydrogens is 406 g/mol. The number of hydrogen-bond acceptors (Lipinski definition) is 4. The number of sulfonamides is 1. The topological polar surface area (TPSA) is 75.6 Å². The van der Waals surface area contributed by atoms with Crippen molar-refractivity contribution in [3.05, 3.63) is 52.0 Å². The largest absolute Gasteiger partial charge is 0.573 e. The zero-order valence-electron chi connectivity index (χ0n) is 12.1. The molecule has 0 aliphatic rings. The van der Waals surface area contributed by atoms with Crippen LogP contribution in [0.3, 0.4) is 0 Å².